The molecule has 1 atom stereocenters. The van der Waals surface area contributed by atoms with Crippen molar-refractivity contribution in [3.63, 3.8) is 0 Å². The van der Waals surface area contributed by atoms with Gasteiger partial charge in [0.15, 0.2) is 0 Å². The first-order valence-electron chi connectivity index (χ1n) is 8.27. The molecule has 0 amide bonds. The Balaban J connectivity index is 1.97. The molecule has 118 valence electrons. The normalized spacial score (nSPS) is 19.8. The summed E-state index contributed by atoms with van der Waals surface area (Å²) in [5.74, 6) is 0. The van der Waals surface area contributed by atoms with Gasteiger partial charge >= 0.3 is 0 Å². The van der Waals surface area contributed by atoms with Crippen LogP contribution in [0, 0.1) is 0 Å². The Morgan fingerprint density at radius 3 is 2.57 bits per heavy atom. The first-order chi connectivity index (χ1) is 10.0. The van der Waals surface area contributed by atoms with E-state index in [1.165, 1.54) is 44.3 Å². The highest BCUT2D eigenvalue weighted by atomic mass is 79.9. The average Bonchev–Trinajstić information content (AvgIpc) is 2.79. The molecule has 1 heterocycles. The lowest BCUT2D eigenvalue weighted by Crippen LogP contribution is -2.40. The van der Waals surface area contributed by atoms with Crippen LogP contribution in [-0.4, -0.2) is 30.1 Å². The Morgan fingerprint density at radius 2 is 2.00 bits per heavy atom. The van der Waals surface area contributed by atoms with E-state index < -0.39 is 0 Å². The molecule has 1 aliphatic rings. The van der Waals surface area contributed by atoms with Crippen LogP contribution in [0.1, 0.15) is 58.1 Å². The van der Waals surface area contributed by atoms with Crippen molar-refractivity contribution in [3.05, 3.63) is 34.3 Å². The molecule has 1 aromatic carbocycles. The molecular formula is C18H29BrN2. The third-order valence-corrected chi connectivity index (χ3v) is 5.20. The molecule has 1 N–H and O–H groups in total. The summed E-state index contributed by atoms with van der Waals surface area (Å²) in [6, 6.07) is 9.25. The van der Waals surface area contributed by atoms with E-state index in [0.717, 1.165) is 11.0 Å². The molecule has 3 heteroatoms. The number of halogens is 1. The predicted octanol–water partition coefficient (Wildman–Crippen LogP) is 4.75. The van der Waals surface area contributed by atoms with Crippen LogP contribution < -0.4 is 5.32 Å². The minimum atomic E-state index is 0.384. The molecule has 1 aliphatic heterocycles. The third-order valence-electron chi connectivity index (χ3n) is 4.67. The van der Waals surface area contributed by atoms with Gasteiger partial charge in [-0.15, -0.1) is 0 Å². The van der Waals surface area contributed by atoms with E-state index in [2.05, 4.69) is 71.2 Å². The number of benzene rings is 1. The second kappa shape index (κ2) is 7.75. The van der Waals surface area contributed by atoms with Gasteiger partial charge in [0.2, 0.25) is 0 Å². The molecule has 1 unspecified atom stereocenters. The van der Waals surface area contributed by atoms with Gasteiger partial charge in [-0.3, -0.25) is 4.90 Å². The van der Waals surface area contributed by atoms with Crippen LogP contribution in [0.25, 0.3) is 0 Å². The van der Waals surface area contributed by atoms with Crippen LogP contribution in [0.15, 0.2) is 28.7 Å². The molecule has 0 saturated carbocycles. The Morgan fingerprint density at radius 1 is 1.29 bits per heavy atom. The van der Waals surface area contributed by atoms with Gasteiger partial charge in [0.05, 0.1) is 0 Å². The van der Waals surface area contributed by atoms with Crippen molar-refractivity contribution < 1.29 is 0 Å². The summed E-state index contributed by atoms with van der Waals surface area (Å²) in [5, 5.41) is 3.71. The van der Waals surface area contributed by atoms with E-state index in [1.54, 1.807) is 0 Å². The molecule has 1 fully saturated rings. The van der Waals surface area contributed by atoms with Crippen molar-refractivity contribution in [1.82, 2.24) is 10.2 Å². The summed E-state index contributed by atoms with van der Waals surface area (Å²) in [6.07, 6.45) is 5.05. The summed E-state index contributed by atoms with van der Waals surface area (Å²) in [6.45, 7) is 10.5. The standard InChI is InChI=1S/C18H29BrN2/c1-4-12-20-17(15-6-8-16(19)9-7-15)10-14-21-13-5-11-18(21,2)3/h6-9,17,20H,4-5,10-14H2,1-3H3. The third kappa shape index (κ3) is 4.80. The second-order valence-electron chi connectivity index (χ2n) is 6.75. The van der Waals surface area contributed by atoms with Gasteiger partial charge in [-0.2, -0.15) is 0 Å². The fourth-order valence-corrected chi connectivity index (χ4v) is 3.53. The zero-order valence-corrected chi connectivity index (χ0v) is 15.2. The van der Waals surface area contributed by atoms with Gasteiger partial charge in [0, 0.05) is 22.6 Å². The van der Waals surface area contributed by atoms with Gasteiger partial charge in [0.1, 0.15) is 0 Å². The molecule has 0 spiro atoms. The number of nitrogens with one attached hydrogen (secondary N) is 1. The maximum atomic E-state index is 3.71. The summed E-state index contributed by atoms with van der Waals surface area (Å²) >= 11 is 3.53. The molecule has 2 nitrogen and oxygen atoms in total. The van der Waals surface area contributed by atoms with Crippen molar-refractivity contribution >= 4 is 15.9 Å². The van der Waals surface area contributed by atoms with Crippen LogP contribution in [0.5, 0.6) is 0 Å². The van der Waals surface area contributed by atoms with E-state index in [-0.39, 0.29) is 0 Å². The predicted molar refractivity (Wildman–Crippen MR) is 94.7 cm³/mol. The zero-order chi connectivity index (χ0) is 15.3. The van der Waals surface area contributed by atoms with E-state index in [4.69, 9.17) is 0 Å². The highest BCUT2D eigenvalue weighted by molar-refractivity contribution is 9.10. The van der Waals surface area contributed by atoms with Gasteiger partial charge in [-0.05, 0) is 70.3 Å². The molecule has 0 aliphatic carbocycles. The Labute approximate surface area is 138 Å². The SMILES string of the molecule is CCCNC(CCN1CCCC1(C)C)c1ccc(Br)cc1. The minimum Gasteiger partial charge on any atom is -0.310 e. The van der Waals surface area contributed by atoms with E-state index in [0.29, 0.717) is 11.6 Å². The molecule has 1 saturated heterocycles. The van der Waals surface area contributed by atoms with E-state index >= 15 is 0 Å². The summed E-state index contributed by atoms with van der Waals surface area (Å²) in [4.78, 5) is 2.66. The van der Waals surface area contributed by atoms with Crippen molar-refractivity contribution in [1.29, 1.82) is 0 Å². The van der Waals surface area contributed by atoms with E-state index in [1.807, 2.05) is 0 Å². The number of likely N-dealkylation sites (tertiary alicyclic amines) is 1. The number of nitrogens with zero attached hydrogens (tertiary/aromatic N) is 1. The molecule has 0 radical (unpaired) electrons. The average molecular weight is 353 g/mol. The lowest BCUT2D eigenvalue weighted by atomic mass is 10.00. The molecule has 1 aromatic rings. The fourth-order valence-electron chi connectivity index (χ4n) is 3.26. The van der Waals surface area contributed by atoms with Gasteiger partial charge < -0.3 is 5.32 Å². The lowest BCUT2D eigenvalue weighted by Gasteiger charge is -2.33. The second-order valence-corrected chi connectivity index (χ2v) is 7.67. The quantitative estimate of drug-likeness (QED) is 0.761. The fraction of sp³-hybridized carbons (Fsp3) is 0.667. The van der Waals surface area contributed by atoms with Gasteiger partial charge in [0.25, 0.3) is 0 Å². The monoisotopic (exact) mass is 352 g/mol. The molecule has 21 heavy (non-hydrogen) atoms. The maximum Gasteiger partial charge on any atom is 0.0332 e. The minimum absolute atomic E-state index is 0.384. The van der Waals surface area contributed by atoms with Gasteiger partial charge in [-0.1, -0.05) is 35.0 Å². The topological polar surface area (TPSA) is 15.3 Å². The Hall–Kier alpha value is -0.380. The van der Waals surface area contributed by atoms with Crippen molar-refractivity contribution in [2.45, 2.75) is 58.0 Å². The maximum absolute atomic E-state index is 3.71. The summed E-state index contributed by atoms with van der Waals surface area (Å²) < 4.78 is 1.15. The van der Waals surface area contributed by atoms with Crippen LogP contribution >= 0.6 is 15.9 Å². The molecule has 2 rings (SSSR count). The smallest absolute Gasteiger partial charge is 0.0332 e. The first-order valence-corrected chi connectivity index (χ1v) is 9.06. The summed E-state index contributed by atoms with van der Waals surface area (Å²) in [5.41, 5.74) is 1.79. The highest BCUT2D eigenvalue weighted by Crippen LogP contribution is 2.29. The van der Waals surface area contributed by atoms with E-state index in [9.17, 15) is 0 Å². The van der Waals surface area contributed by atoms with Crippen LogP contribution in [0.2, 0.25) is 0 Å². The first kappa shape index (κ1) is 17.0. The Bertz CT molecular complexity index is 427. The Kier molecular flexibility index (Phi) is 6.27. The number of hydrogen-bond acceptors (Lipinski definition) is 2. The number of hydrogen-bond donors (Lipinski definition) is 1. The lowest BCUT2D eigenvalue weighted by molar-refractivity contribution is 0.166. The molecular weight excluding hydrogens is 324 g/mol. The van der Waals surface area contributed by atoms with Crippen molar-refractivity contribution in [3.8, 4) is 0 Å². The van der Waals surface area contributed by atoms with Crippen molar-refractivity contribution in [2.24, 2.45) is 0 Å². The number of rotatable bonds is 7. The largest absolute Gasteiger partial charge is 0.310 e. The van der Waals surface area contributed by atoms with Crippen LogP contribution in [-0.2, 0) is 0 Å². The molecule has 0 bridgehead atoms. The highest BCUT2D eigenvalue weighted by Gasteiger charge is 2.31. The van der Waals surface area contributed by atoms with Gasteiger partial charge in [-0.25, -0.2) is 0 Å². The summed E-state index contributed by atoms with van der Waals surface area (Å²) in [7, 11) is 0. The zero-order valence-electron chi connectivity index (χ0n) is 13.7. The van der Waals surface area contributed by atoms with Crippen molar-refractivity contribution in [2.75, 3.05) is 19.6 Å². The van der Waals surface area contributed by atoms with Crippen LogP contribution in [0.4, 0.5) is 0 Å². The molecule has 0 aromatic heterocycles. The van der Waals surface area contributed by atoms with Crippen LogP contribution in [0.3, 0.4) is 0 Å².